The second kappa shape index (κ2) is 6.30. The average molecular weight is 263 g/mol. The van der Waals surface area contributed by atoms with E-state index < -0.39 is 0 Å². The summed E-state index contributed by atoms with van der Waals surface area (Å²) in [4.78, 5) is 0. The molecule has 3 saturated heterocycles. The molecule has 0 aromatic carbocycles. The molecule has 0 atom stereocenters. The molecule has 3 rings (SSSR count). The molecule has 5 N–H and O–H groups in total. The minimum absolute atomic E-state index is 0.951. The first-order chi connectivity index (χ1) is 9.45. The Morgan fingerprint density at radius 2 is 1.74 bits per heavy atom. The summed E-state index contributed by atoms with van der Waals surface area (Å²) in [5, 5.41) is 10.6. The molecule has 3 heterocycles. The molecule has 0 unspecified atom stereocenters. The number of rotatable bonds is 0. The summed E-state index contributed by atoms with van der Waals surface area (Å²) in [5.74, 6) is 0. The van der Waals surface area contributed by atoms with Crippen LogP contribution in [0.25, 0.3) is 0 Å². The van der Waals surface area contributed by atoms with Crippen LogP contribution in [-0.4, -0.2) is 32.7 Å². The third kappa shape index (κ3) is 3.04. The van der Waals surface area contributed by atoms with Crippen molar-refractivity contribution in [1.82, 2.24) is 26.8 Å². The topological polar surface area (TPSA) is 60.1 Å². The number of piperazine rings is 1. The van der Waals surface area contributed by atoms with Crippen LogP contribution in [0.15, 0.2) is 22.7 Å². The third-order valence-corrected chi connectivity index (χ3v) is 4.03. The first kappa shape index (κ1) is 12.8. The van der Waals surface area contributed by atoms with Gasteiger partial charge in [0.2, 0.25) is 0 Å². The predicted molar refractivity (Wildman–Crippen MR) is 77.2 cm³/mol. The highest BCUT2D eigenvalue weighted by atomic mass is 15.4. The van der Waals surface area contributed by atoms with E-state index in [0.717, 1.165) is 39.1 Å². The molecule has 5 nitrogen and oxygen atoms in total. The van der Waals surface area contributed by atoms with Gasteiger partial charge in [0, 0.05) is 44.1 Å². The van der Waals surface area contributed by atoms with Crippen molar-refractivity contribution in [3.05, 3.63) is 22.7 Å². The molecule has 19 heavy (non-hydrogen) atoms. The number of hydrazine groups is 1. The van der Waals surface area contributed by atoms with Crippen molar-refractivity contribution in [2.45, 2.75) is 32.1 Å². The van der Waals surface area contributed by atoms with Crippen LogP contribution in [0.3, 0.4) is 0 Å². The van der Waals surface area contributed by atoms with Gasteiger partial charge in [0.25, 0.3) is 0 Å². The zero-order chi connectivity index (χ0) is 12.9. The van der Waals surface area contributed by atoms with Crippen LogP contribution < -0.4 is 26.8 Å². The van der Waals surface area contributed by atoms with Crippen molar-refractivity contribution in [3.8, 4) is 0 Å². The van der Waals surface area contributed by atoms with E-state index in [0.29, 0.717) is 0 Å². The van der Waals surface area contributed by atoms with Crippen molar-refractivity contribution in [3.63, 3.8) is 0 Å². The standard InChI is InChI=1S/C14H25N5/c1-2-7-18-19-12(5-1)11-4-3-6-17-14(11)13-10-15-8-9-16-13/h15-19H,1-10H2. The van der Waals surface area contributed by atoms with E-state index in [1.54, 1.807) is 0 Å². The molecule has 3 fully saturated rings. The van der Waals surface area contributed by atoms with Gasteiger partial charge in [0.15, 0.2) is 0 Å². The van der Waals surface area contributed by atoms with Crippen LogP contribution in [0.5, 0.6) is 0 Å². The fourth-order valence-corrected chi connectivity index (χ4v) is 3.03. The molecule has 0 saturated carbocycles. The molecular weight excluding hydrogens is 238 g/mol. The van der Waals surface area contributed by atoms with Crippen LogP contribution in [0.4, 0.5) is 0 Å². The monoisotopic (exact) mass is 263 g/mol. The van der Waals surface area contributed by atoms with Crippen molar-refractivity contribution in [2.75, 3.05) is 32.7 Å². The number of piperidine rings is 1. The Bertz CT molecular complexity index is 367. The highest BCUT2D eigenvalue weighted by molar-refractivity contribution is 5.39. The van der Waals surface area contributed by atoms with E-state index in [4.69, 9.17) is 0 Å². The van der Waals surface area contributed by atoms with Gasteiger partial charge in [-0.15, -0.1) is 0 Å². The summed E-state index contributed by atoms with van der Waals surface area (Å²) >= 11 is 0. The molecule has 106 valence electrons. The SMILES string of the molecule is C1CCC(=C2CCCNC2=C2CNCCN2)NNC1. The maximum absolute atomic E-state index is 3.61. The third-order valence-electron chi connectivity index (χ3n) is 4.03. The van der Waals surface area contributed by atoms with Gasteiger partial charge in [-0.05, 0) is 37.7 Å². The molecule has 0 aliphatic carbocycles. The van der Waals surface area contributed by atoms with Crippen LogP contribution in [-0.2, 0) is 0 Å². The summed E-state index contributed by atoms with van der Waals surface area (Å²) in [5.41, 5.74) is 12.3. The van der Waals surface area contributed by atoms with Crippen molar-refractivity contribution < 1.29 is 0 Å². The lowest BCUT2D eigenvalue weighted by Crippen LogP contribution is -2.42. The van der Waals surface area contributed by atoms with Gasteiger partial charge in [0.1, 0.15) is 0 Å². The number of hydrogen-bond acceptors (Lipinski definition) is 5. The molecule has 0 radical (unpaired) electrons. The Morgan fingerprint density at radius 3 is 2.63 bits per heavy atom. The Kier molecular flexibility index (Phi) is 4.25. The van der Waals surface area contributed by atoms with Gasteiger partial charge in [0.05, 0.1) is 5.70 Å². The maximum Gasteiger partial charge on any atom is 0.0596 e. The smallest absolute Gasteiger partial charge is 0.0596 e. The minimum atomic E-state index is 0.951. The van der Waals surface area contributed by atoms with Crippen LogP contribution >= 0.6 is 0 Å². The minimum Gasteiger partial charge on any atom is -0.384 e. The summed E-state index contributed by atoms with van der Waals surface area (Å²) in [6.07, 6.45) is 6.09. The van der Waals surface area contributed by atoms with E-state index in [1.165, 1.54) is 48.3 Å². The lowest BCUT2D eigenvalue weighted by atomic mass is 9.96. The van der Waals surface area contributed by atoms with Gasteiger partial charge >= 0.3 is 0 Å². The maximum atomic E-state index is 3.61. The number of hydrogen-bond donors (Lipinski definition) is 5. The second-order valence-electron chi connectivity index (χ2n) is 5.45. The highest BCUT2D eigenvalue weighted by Crippen LogP contribution is 2.26. The molecule has 3 aliphatic heterocycles. The number of allylic oxidation sites excluding steroid dienone is 2. The molecule has 0 bridgehead atoms. The molecule has 0 aromatic rings. The van der Waals surface area contributed by atoms with Crippen LogP contribution in [0.2, 0.25) is 0 Å². The normalized spacial score (nSPS) is 32.8. The van der Waals surface area contributed by atoms with E-state index in [9.17, 15) is 0 Å². The van der Waals surface area contributed by atoms with Crippen molar-refractivity contribution in [2.24, 2.45) is 0 Å². The molecule has 5 heteroatoms. The van der Waals surface area contributed by atoms with E-state index >= 15 is 0 Å². The zero-order valence-electron chi connectivity index (χ0n) is 11.6. The van der Waals surface area contributed by atoms with Gasteiger partial charge in [-0.2, -0.15) is 0 Å². The lowest BCUT2D eigenvalue weighted by molar-refractivity contribution is 0.559. The fourth-order valence-electron chi connectivity index (χ4n) is 3.03. The highest BCUT2D eigenvalue weighted by Gasteiger charge is 2.21. The lowest BCUT2D eigenvalue weighted by Gasteiger charge is -2.29. The van der Waals surface area contributed by atoms with E-state index in [2.05, 4.69) is 26.8 Å². The quantitative estimate of drug-likeness (QED) is 0.435. The fraction of sp³-hybridized carbons (Fsp3) is 0.714. The Labute approximate surface area is 115 Å². The number of nitrogens with one attached hydrogen (secondary N) is 5. The van der Waals surface area contributed by atoms with Crippen molar-refractivity contribution in [1.29, 1.82) is 0 Å². The molecule has 3 aliphatic rings. The van der Waals surface area contributed by atoms with E-state index in [-0.39, 0.29) is 0 Å². The average Bonchev–Trinajstić information content (AvgIpc) is 2.77. The summed E-state index contributed by atoms with van der Waals surface area (Å²) in [6.45, 7) is 5.18. The Hall–Kier alpha value is -1.20. The van der Waals surface area contributed by atoms with Gasteiger partial charge in [-0.25, -0.2) is 5.43 Å². The first-order valence-electron chi connectivity index (χ1n) is 7.58. The zero-order valence-corrected chi connectivity index (χ0v) is 11.6. The predicted octanol–water partition coefficient (Wildman–Crippen LogP) is 0.306. The van der Waals surface area contributed by atoms with Gasteiger partial charge < -0.3 is 21.4 Å². The second-order valence-corrected chi connectivity index (χ2v) is 5.45. The van der Waals surface area contributed by atoms with E-state index in [1.807, 2.05) is 0 Å². The van der Waals surface area contributed by atoms with Gasteiger partial charge in [-0.3, -0.25) is 0 Å². The molecule has 0 spiro atoms. The summed E-state index contributed by atoms with van der Waals surface area (Å²) in [6, 6.07) is 0. The Morgan fingerprint density at radius 1 is 0.737 bits per heavy atom. The van der Waals surface area contributed by atoms with Crippen LogP contribution in [0, 0.1) is 0 Å². The molecule has 0 aromatic heterocycles. The summed E-state index contributed by atoms with van der Waals surface area (Å²) < 4.78 is 0. The molecule has 0 amide bonds. The summed E-state index contributed by atoms with van der Waals surface area (Å²) in [7, 11) is 0. The Balaban J connectivity index is 1.89. The molecular formula is C14H25N5. The van der Waals surface area contributed by atoms with Crippen molar-refractivity contribution >= 4 is 0 Å². The van der Waals surface area contributed by atoms with Crippen LogP contribution in [0.1, 0.15) is 32.1 Å². The van der Waals surface area contributed by atoms with Gasteiger partial charge in [-0.1, -0.05) is 0 Å². The first-order valence-corrected chi connectivity index (χ1v) is 7.58. The largest absolute Gasteiger partial charge is 0.384 e.